The third-order valence-corrected chi connectivity index (χ3v) is 6.97. The van der Waals surface area contributed by atoms with Crippen LogP contribution in [0.2, 0.25) is 6.04 Å². The Bertz CT molecular complexity index is 392. The van der Waals surface area contributed by atoms with E-state index in [0.717, 1.165) is 0 Å². The van der Waals surface area contributed by atoms with Crippen LogP contribution in [0.5, 0.6) is 0 Å². The van der Waals surface area contributed by atoms with Crippen molar-refractivity contribution in [3.05, 3.63) is 0 Å². The van der Waals surface area contributed by atoms with Crippen LogP contribution in [0.4, 0.5) is 0 Å². The average molecular weight is 378 g/mol. The van der Waals surface area contributed by atoms with Gasteiger partial charge in [-0.1, -0.05) is 13.8 Å². The Morgan fingerprint density at radius 3 is 2.04 bits per heavy atom. The largest absolute Gasteiger partial charge is 0.500 e. The summed E-state index contributed by atoms with van der Waals surface area (Å²) in [7, 11) is 2.04. The van der Waals surface area contributed by atoms with Gasteiger partial charge in [0.2, 0.25) is 5.91 Å². The molecule has 0 aliphatic heterocycles. The number of nitrogens with one attached hydrogen (secondary N) is 1. The lowest BCUT2D eigenvalue weighted by Gasteiger charge is -2.24. The highest BCUT2D eigenvalue weighted by molar-refractivity contribution is 6.60. The van der Waals surface area contributed by atoms with Crippen LogP contribution in [0, 0.1) is 11.8 Å². The van der Waals surface area contributed by atoms with Crippen molar-refractivity contribution >= 4 is 20.7 Å². The van der Waals surface area contributed by atoms with Crippen molar-refractivity contribution in [2.75, 3.05) is 27.9 Å². The van der Waals surface area contributed by atoms with Crippen LogP contribution >= 0.6 is 0 Å². The van der Waals surface area contributed by atoms with Crippen molar-refractivity contribution in [1.82, 2.24) is 5.32 Å². The average Bonchev–Trinajstić information content (AvgIpc) is 2.59. The minimum absolute atomic E-state index is 0.00628. The first-order chi connectivity index (χ1) is 11.7. The molecule has 148 valence electrons. The number of carbonyl (C=O) groups excluding carboxylic acids is 2. The highest BCUT2D eigenvalue weighted by Crippen LogP contribution is 2.19. The van der Waals surface area contributed by atoms with E-state index < -0.39 is 8.80 Å². The summed E-state index contributed by atoms with van der Waals surface area (Å²) in [5.41, 5.74) is 0. The standard InChI is InChI=1S/C17H35NO6Si/c1-8-15(16(19)18-13(2)3)12-14(4)17(20)24-10-9-11-25(21-5,22-6)23-7/h13-15H,8-12H2,1-7H3,(H,18,19). The van der Waals surface area contributed by atoms with Crippen molar-refractivity contribution in [2.45, 2.75) is 59.0 Å². The summed E-state index contributed by atoms with van der Waals surface area (Å²) in [4.78, 5) is 24.2. The fourth-order valence-corrected chi connectivity index (χ4v) is 4.23. The number of ether oxygens (including phenoxy) is 1. The van der Waals surface area contributed by atoms with Gasteiger partial charge >= 0.3 is 14.8 Å². The van der Waals surface area contributed by atoms with E-state index in [9.17, 15) is 9.59 Å². The maximum absolute atomic E-state index is 12.1. The predicted octanol–water partition coefficient (Wildman–Crippen LogP) is 2.37. The summed E-state index contributed by atoms with van der Waals surface area (Å²) in [5.74, 6) is -0.791. The van der Waals surface area contributed by atoms with Crippen LogP contribution in [0.1, 0.15) is 47.0 Å². The SMILES string of the molecule is CCC(CC(C)C(=O)OCCC[Si](OC)(OC)OC)C(=O)NC(C)C. The van der Waals surface area contributed by atoms with Crippen molar-refractivity contribution in [2.24, 2.45) is 11.8 Å². The van der Waals surface area contributed by atoms with Crippen LogP contribution < -0.4 is 5.32 Å². The highest BCUT2D eigenvalue weighted by atomic mass is 28.4. The van der Waals surface area contributed by atoms with Crippen molar-refractivity contribution in [1.29, 1.82) is 0 Å². The lowest BCUT2D eigenvalue weighted by Crippen LogP contribution is -2.42. The molecule has 0 aliphatic rings. The Hall–Kier alpha value is -0.963. The molecule has 2 unspecified atom stereocenters. The third kappa shape index (κ3) is 8.80. The van der Waals surface area contributed by atoms with Gasteiger partial charge in [0.05, 0.1) is 12.5 Å². The molecular formula is C17H35NO6Si. The third-order valence-electron chi connectivity index (χ3n) is 4.14. The van der Waals surface area contributed by atoms with E-state index in [1.54, 1.807) is 28.3 Å². The second kappa shape index (κ2) is 12.4. The van der Waals surface area contributed by atoms with Crippen LogP contribution in [0.15, 0.2) is 0 Å². The van der Waals surface area contributed by atoms with Gasteiger partial charge in [-0.15, -0.1) is 0 Å². The molecule has 2 atom stereocenters. The second-order valence-electron chi connectivity index (χ2n) is 6.47. The van der Waals surface area contributed by atoms with Crippen LogP contribution in [-0.2, 0) is 27.6 Å². The van der Waals surface area contributed by atoms with Crippen LogP contribution in [0.25, 0.3) is 0 Å². The van der Waals surface area contributed by atoms with E-state index in [4.69, 9.17) is 18.0 Å². The molecule has 0 rings (SSSR count). The summed E-state index contributed by atoms with van der Waals surface area (Å²) in [5, 5.41) is 2.90. The maximum Gasteiger partial charge on any atom is 0.500 e. The number of rotatable bonds is 13. The van der Waals surface area contributed by atoms with Gasteiger partial charge in [0, 0.05) is 39.3 Å². The zero-order valence-corrected chi connectivity index (χ0v) is 17.7. The van der Waals surface area contributed by atoms with E-state index in [2.05, 4.69) is 5.32 Å². The van der Waals surface area contributed by atoms with E-state index in [-0.39, 0.29) is 36.4 Å². The van der Waals surface area contributed by atoms with Crippen molar-refractivity contribution < 1.29 is 27.6 Å². The molecular weight excluding hydrogens is 342 g/mol. The normalized spacial score (nSPS) is 14.2. The Morgan fingerprint density at radius 2 is 1.60 bits per heavy atom. The first-order valence-electron chi connectivity index (χ1n) is 8.87. The molecule has 0 aliphatic carbocycles. The molecule has 0 aromatic heterocycles. The van der Waals surface area contributed by atoms with Gasteiger partial charge in [-0.2, -0.15) is 0 Å². The lowest BCUT2D eigenvalue weighted by atomic mass is 9.92. The minimum Gasteiger partial charge on any atom is -0.465 e. The fraction of sp³-hybridized carbons (Fsp3) is 0.882. The van der Waals surface area contributed by atoms with Crippen molar-refractivity contribution in [3.63, 3.8) is 0 Å². The van der Waals surface area contributed by atoms with E-state index >= 15 is 0 Å². The quantitative estimate of drug-likeness (QED) is 0.301. The zero-order chi connectivity index (χ0) is 19.5. The number of carbonyl (C=O) groups is 2. The summed E-state index contributed by atoms with van der Waals surface area (Å²) in [6.07, 6.45) is 1.78. The van der Waals surface area contributed by atoms with E-state index in [1.165, 1.54) is 0 Å². The minimum atomic E-state index is -2.62. The molecule has 0 bridgehead atoms. The van der Waals surface area contributed by atoms with Gasteiger partial charge in [0.1, 0.15) is 0 Å². The molecule has 0 aromatic rings. The Morgan fingerprint density at radius 1 is 1.04 bits per heavy atom. The molecule has 0 radical (unpaired) electrons. The lowest BCUT2D eigenvalue weighted by molar-refractivity contribution is -0.148. The molecule has 1 amide bonds. The molecule has 1 N–H and O–H groups in total. The monoisotopic (exact) mass is 377 g/mol. The number of esters is 1. The number of hydrogen-bond acceptors (Lipinski definition) is 6. The number of amides is 1. The smallest absolute Gasteiger partial charge is 0.465 e. The van der Waals surface area contributed by atoms with Gasteiger partial charge in [0.15, 0.2) is 0 Å². The second-order valence-corrected chi connectivity index (χ2v) is 9.56. The topological polar surface area (TPSA) is 83.1 Å². The Labute approximate surface area is 153 Å². The van der Waals surface area contributed by atoms with E-state index in [1.807, 2.05) is 20.8 Å². The van der Waals surface area contributed by atoms with Crippen molar-refractivity contribution in [3.8, 4) is 0 Å². The zero-order valence-electron chi connectivity index (χ0n) is 16.7. The molecule has 0 aromatic carbocycles. The van der Waals surface area contributed by atoms with Gasteiger partial charge in [-0.05, 0) is 33.1 Å². The first kappa shape index (κ1) is 24.0. The van der Waals surface area contributed by atoms with Crippen LogP contribution in [0.3, 0.4) is 0 Å². The summed E-state index contributed by atoms with van der Waals surface area (Å²) in [6.45, 7) is 7.87. The molecule has 25 heavy (non-hydrogen) atoms. The van der Waals surface area contributed by atoms with E-state index in [0.29, 0.717) is 25.3 Å². The maximum atomic E-state index is 12.1. The Kier molecular flexibility index (Phi) is 11.9. The summed E-state index contributed by atoms with van der Waals surface area (Å²) in [6, 6.07) is 0.669. The molecule has 0 heterocycles. The predicted molar refractivity (Wildman–Crippen MR) is 98.0 cm³/mol. The van der Waals surface area contributed by atoms with Gasteiger partial charge < -0.3 is 23.3 Å². The molecule has 0 fully saturated rings. The van der Waals surface area contributed by atoms with Gasteiger partial charge in [-0.3, -0.25) is 9.59 Å². The molecule has 7 nitrogen and oxygen atoms in total. The Balaban J connectivity index is 4.31. The first-order valence-corrected chi connectivity index (χ1v) is 10.8. The van der Waals surface area contributed by atoms with Gasteiger partial charge in [-0.25, -0.2) is 0 Å². The van der Waals surface area contributed by atoms with Gasteiger partial charge in [0.25, 0.3) is 0 Å². The molecule has 0 spiro atoms. The summed E-state index contributed by atoms with van der Waals surface area (Å²) >= 11 is 0. The molecule has 0 saturated carbocycles. The van der Waals surface area contributed by atoms with Crippen LogP contribution in [-0.4, -0.2) is 54.7 Å². The fourth-order valence-electron chi connectivity index (χ4n) is 2.54. The molecule has 8 heteroatoms. The highest BCUT2D eigenvalue weighted by Gasteiger charge is 2.37. The number of hydrogen-bond donors (Lipinski definition) is 1. The molecule has 0 saturated heterocycles. The summed E-state index contributed by atoms with van der Waals surface area (Å²) < 4.78 is 21.3.